The van der Waals surface area contributed by atoms with E-state index in [4.69, 9.17) is 0 Å². The third-order valence-electron chi connectivity index (χ3n) is 0.922. The van der Waals surface area contributed by atoms with Gasteiger partial charge in [-0.2, -0.15) is 0 Å². The van der Waals surface area contributed by atoms with Gasteiger partial charge in [0.05, 0.1) is 0 Å². The Morgan fingerprint density at radius 1 is 1.33 bits per heavy atom. The quantitative estimate of drug-likeness (QED) is 0.415. The third kappa shape index (κ3) is 1.00. The van der Waals surface area contributed by atoms with Gasteiger partial charge in [0, 0.05) is 0 Å². The van der Waals surface area contributed by atoms with Gasteiger partial charge in [-0.25, -0.2) is 0 Å². The highest BCUT2D eigenvalue weighted by Gasteiger charge is 1.97. The predicted octanol–water partition coefficient (Wildman–Crippen LogP) is 1.66. The second-order valence-corrected chi connectivity index (χ2v) is 1.48. The van der Waals surface area contributed by atoms with Crippen LogP contribution in [-0.2, 0) is 0 Å². The summed E-state index contributed by atoms with van der Waals surface area (Å²) in [4.78, 5) is 0. The lowest BCUT2D eigenvalue weighted by molar-refractivity contribution is 0.811. The molecule has 0 amide bonds. The lowest BCUT2D eigenvalue weighted by atomic mass is 10.0. The summed E-state index contributed by atoms with van der Waals surface area (Å²) >= 11 is 0. The van der Waals surface area contributed by atoms with Crippen molar-refractivity contribution in [2.45, 2.75) is 19.3 Å². The van der Waals surface area contributed by atoms with Crippen LogP contribution in [0.1, 0.15) is 19.3 Å². The summed E-state index contributed by atoms with van der Waals surface area (Å²) in [5.41, 5.74) is 0. The van der Waals surface area contributed by atoms with Gasteiger partial charge >= 0.3 is 0 Å². The van der Waals surface area contributed by atoms with Gasteiger partial charge in [-0.15, -0.1) is 0 Å². The summed E-state index contributed by atoms with van der Waals surface area (Å²) in [5.74, 6) is 0. The molecule has 1 saturated carbocycles. The van der Waals surface area contributed by atoms with E-state index in [9.17, 15) is 0 Å². The van der Waals surface area contributed by atoms with Crippen LogP contribution in [0, 0.1) is 19.3 Å². The standard InChI is InChI=1S/C6H8/c1-2-4-6-5-3-1/h1,6H,2-4H2. The van der Waals surface area contributed by atoms with Gasteiger partial charge in [0.2, 0.25) is 0 Å². The van der Waals surface area contributed by atoms with E-state index in [-0.39, 0.29) is 0 Å². The molecule has 0 spiro atoms. The van der Waals surface area contributed by atoms with Crippen molar-refractivity contribution in [3.63, 3.8) is 0 Å². The highest BCUT2D eigenvalue weighted by Crippen LogP contribution is 2.12. The van der Waals surface area contributed by atoms with Crippen molar-refractivity contribution in [3.05, 3.63) is 19.3 Å². The first-order valence-corrected chi connectivity index (χ1v) is 2.37. The molecular formula is C6H8. The first-order valence-electron chi connectivity index (χ1n) is 2.37. The molecule has 1 fully saturated rings. The maximum absolute atomic E-state index is 3.10. The van der Waals surface area contributed by atoms with Crippen molar-refractivity contribution in [1.29, 1.82) is 0 Å². The van der Waals surface area contributed by atoms with Crippen molar-refractivity contribution in [2.75, 3.05) is 0 Å². The zero-order valence-electron chi connectivity index (χ0n) is 3.78. The number of hydrogen-bond donors (Lipinski definition) is 0. The molecule has 0 atom stereocenters. The van der Waals surface area contributed by atoms with E-state index in [1.807, 2.05) is 0 Å². The monoisotopic (exact) mass is 80.1 g/mol. The minimum absolute atomic E-state index is 1.07. The van der Waals surface area contributed by atoms with Gasteiger partial charge in [0.25, 0.3) is 0 Å². The number of hydrogen-bond acceptors (Lipinski definition) is 0. The molecule has 1 aliphatic carbocycles. The van der Waals surface area contributed by atoms with Crippen LogP contribution in [0.5, 0.6) is 0 Å². The Morgan fingerprint density at radius 2 is 2.33 bits per heavy atom. The average Bonchev–Trinajstić information content (AvgIpc) is 1.72. The van der Waals surface area contributed by atoms with Crippen molar-refractivity contribution < 1.29 is 0 Å². The van der Waals surface area contributed by atoms with E-state index in [1.165, 1.54) is 12.8 Å². The molecule has 0 bridgehead atoms. The maximum atomic E-state index is 3.10. The fourth-order valence-electron chi connectivity index (χ4n) is 0.572. The highest BCUT2D eigenvalue weighted by atomic mass is 14.0. The van der Waals surface area contributed by atoms with E-state index in [0.29, 0.717) is 0 Å². The summed E-state index contributed by atoms with van der Waals surface area (Å²) in [6.45, 7) is 0. The van der Waals surface area contributed by atoms with Gasteiger partial charge in [0.1, 0.15) is 0 Å². The van der Waals surface area contributed by atoms with E-state index < -0.39 is 0 Å². The maximum Gasteiger partial charge on any atom is -0.0134 e. The molecule has 6 heavy (non-hydrogen) atoms. The summed E-state index contributed by atoms with van der Waals surface area (Å²) in [7, 11) is 0. The Morgan fingerprint density at radius 3 is 2.50 bits per heavy atom. The Hall–Kier alpha value is 0. The summed E-state index contributed by atoms with van der Waals surface area (Å²) in [6.07, 6.45) is 11.0. The van der Waals surface area contributed by atoms with Gasteiger partial charge < -0.3 is 0 Å². The summed E-state index contributed by atoms with van der Waals surface area (Å²) in [6, 6.07) is 0. The van der Waals surface area contributed by atoms with E-state index >= 15 is 0 Å². The van der Waals surface area contributed by atoms with E-state index in [0.717, 1.165) is 6.42 Å². The normalized spacial score (nSPS) is 24.0. The minimum Gasteiger partial charge on any atom is -0.0499 e. The second-order valence-electron chi connectivity index (χ2n) is 1.48. The van der Waals surface area contributed by atoms with Crippen LogP contribution in [0.15, 0.2) is 0 Å². The van der Waals surface area contributed by atoms with Crippen molar-refractivity contribution in [1.82, 2.24) is 0 Å². The van der Waals surface area contributed by atoms with Crippen molar-refractivity contribution in [2.24, 2.45) is 0 Å². The molecule has 0 aromatic carbocycles. The zero-order chi connectivity index (χ0) is 4.24. The first kappa shape index (κ1) is 4.17. The largest absolute Gasteiger partial charge is 0.0499 e. The first-order chi connectivity index (χ1) is 3.00. The summed E-state index contributed by atoms with van der Waals surface area (Å²) in [5, 5.41) is 0. The van der Waals surface area contributed by atoms with Gasteiger partial charge in [-0.05, 0) is 38.5 Å². The molecule has 1 rings (SSSR count). The SMILES string of the molecule is [C]1[CH]CC[CH]C1. The smallest absolute Gasteiger partial charge is 0.0134 e. The molecule has 0 N–H and O–H groups in total. The van der Waals surface area contributed by atoms with Crippen LogP contribution in [0.25, 0.3) is 0 Å². The van der Waals surface area contributed by atoms with E-state index in [1.54, 1.807) is 0 Å². The second kappa shape index (κ2) is 2.22. The van der Waals surface area contributed by atoms with Crippen LogP contribution in [0.3, 0.4) is 0 Å². The summed E-state index contributed by atoms with van der Waals surface area (Å²) < 4.78 is 0. The van der Waals surface area contributed by atoms with Crippen LogP contribution < -0.4 is 0 Å². The Labute approximate surface area is 39.6 Å². The van der Waals surface area contributed by atoms with Crippen LogP contribution in [0.4, 0.5) is 0 Å². The Balaban J connectivity index is 2.00. The molecule has 0 unspecified atom stereocenters. The molecule has 0 heterocycles. The molecule has 4 radical (unpaired) electrons. The molecule has 0 aromatic heterocycles. The number of rotatable bonds is 0. The predicted molar refractivity (Wildman–Crippen MR) is 25.7 cm³/mol. The fraction of sp³-hybridized carbons (Fsp3) is 0.500. The lowest BCUT2D eigenvalue weighted by Crippen LogP contribution is -1.89. The molecule has 0 nitrogen and oxygen atoms in total. The van der Waals surface area contributed by atoms with E-state index in [2.05, 4.69) is 19.3 Å². The van der Waals surface area contributed by atoms with Gasteiger partial charge in [0.15, 0.2) is 0 Å². The lowest BCUT2D eigenvalue weighted by Gasteiger charge is -2.04. The zero-order valence-corrected chi connectivity index (χ0v) is 3.78. The van der Waals surface area contributed by atoms with Gasteiger partial charge in [-0.3, -0.25) is 0 Å². The molecule has 0 aliphatic heterocycles. The third-order valence-corrected chi connectivity index (χ3v) is 0.922. The molecular weight excluding hydrogens is 72.1 g/mol. The molecule has 0 aromatic rings. The fourth-order valence-corrected chi connectivity index (χ4v) is 0.572. The van der Waals surface area contributed by atoms with Crippen LogP contribution in [-0.4, -0.2) is 0 Å². The average molecular weight is 80.1 g/mol. The Bertz CT molecular complexity index is 15.5. The van der Waals surface area contributed by atoms with Crippen molar-refractivity contribution in [3.8, 4) is 0 Å². The molecule has 1 aliphatic rings. The highest BCUT2D eigenvalue weighted by molar-refractivity contribution is 4.94. The van der Waals surface area contributed by atoms with Crippen LogP contribution in [0.2, 0.25) is 0 Å². The van der Waals surface area contributed by atoms with Gasteiger partial charge in [-0.1, -0.05) is 0 Å². The molecule has 32 valence electrons. The Kier molecular flexibility index (Phi) is 1.54. The minimum atomic E-state index is 1.07. The molecule has 0 saturated heterocycles. The topological polar surface area (TPSA) is 0 Å². The van der Waals surface area contributed by atoms with Crippen molar-refractivity contribution >= 4 is 0 Å². The molecule has 0 heteroatoms. The van der Waals surface area contributed by atoms with Crippen LogP contribution >= 0.6 is 0 Å².